The van der Waals surface area contributed by atoms with Crippen LogP contribution in [0.4, 0.5) is 4.79 Å². The lowest BCUT2D eigenvalue weighted by Crippen LogP contribution is -2.38. The number of benzene rings is 1. The lowest BCUT2D eigenvalue weighted by molar-refractivity contribution is 0.240. The van der Waals surface area contributed by atoms with Gasteiger partial charge in [-0.05, 0) is 25.0 Å². The van der Waals surface area contributed by atoms with E-state index in [9.17, 15) is 4.79 Å². The second kappa shape index (κ2) is 7.00. The number of nitrogens with zero attached hydrogens (tertiary/aromatic N) is 1. The van der Waals surface area contributed by atoms with E-state index in [2.05, 4.69) is 21.7 Å². The number of urea groups is 1. The van der Waals surface area contributed by atoms with Gasteiger partial charge in [-0.25, -0.2) is 9.78 Å². The van der Waals surface area contributed by atoms with Crippen molar-refractivity contribution in [3.63, 3.8) is 0 Å². The van der Waals surface area contributed by atoms with Gasteiger partial charge in [0.25, 0.3) is 0 Å². The van der Waals surface area contributed by atoms with Crippen molar-refractivity contribution in [1.29, 1.82) is 0 Å². The molecule has 1 aromatic carbocycles. The van der Waals surface area contributed by atoms with Gasteiger partial charge in [0.15, 0.2) is 0 Å². The number of para-hydroxylation sites is 1. The Morgan fingerprint density at radius 3 is 3.00 bits per heavy atom. The summed E-state index contributed by atoms with van der Waals surface area (Å²) in [7, 11) is 1.68. The van der Waals surface area contributed by atoms with Crippen molar-refractivity contribution in [2.24, 2.45) is 0 Å². The molecule has 1 heterocycles. The second-order valence-electron chi connectivity index (χ2n) is 5.70. The van der Waals surface area contributed by atoms with Crippen molar-refractivity contribution in [2.75, 3.05) is 13.7 Å². The van der Waals surface area contributed by atoms with Crippen LogP contribution < -0.4 is 15.4 Å². The van der Waals surface area contributed by atoms with Crippen molar-refractivity contribution in [3.05, 3.63) is 45.9 Å². The average Bonchev–Trinajstić information content (AvgIpc) is 3.18. The van der Waals surface area contributed by atoms with Crippen molar-refractivity contribution in [2.45, 2.75) is 31.7 Å². The molecule has 122 valence electrons. The Labute approximate surface area is 140 Å². The number of aryl methyl sites for hydroxylation is 1. The van der Waals surface area contributed by atoms with E-state index in [1.54, 1.807) is 18.4 Å². The van der Waals surface area contributed by atoms with Crippen LogP contribution >= 0.6 is 11.3 Å². The molecular formula is C17H21N3O2S. The molecule has 2 atom stereocenters. The number of hydrogen-bond donors (Lipinski definition) is 2. The summed E-state index contributed by atoms with van der Waals surface area (Å²) in [6.45, 7) is 2.58. The molecule has 1 aliphatic carbocycles. The van der Waals surface area contributed by atoms with Gasteiger partial charge < -0.3 is 15.4 Å². The lowest BCUT2D eigenvalue weighted by Gasteiger charge is -2.09. The highest BCUT2D eigenvalue weighted by Crippen LogP contribution is 2.44. The first kappa shape index (κ1) is 15.8. The molecule has 23 heavy (non-hydrogen) atoms. The first-order valence-corrected chi connectivity index (χ1v) is 8.63. The van der Waals surface area contributed by atoms with Crippen molar-refractivity contribution in [3.8, 4) is 5.75 Å². The van der Waals surface area contributed by atoms with E-state index in [1.165, 1.54) is 5.56 Å². The average molecular weight is 331 g/mol. The standard InChI is InChI=1S/C17H21N3O2S/c1-11-19-12(10-23-11)7-8-18-17(21)20-15-9-14(15)13-5-3-4-6-16(13)22-2/h3-6,10,14-15H,7-9H2,1-2H3,(H2,18,20,21)/t14-,15+/m1/s1. The minimum absolute atomic E-state index is 0.112. The van der Waals surface area contributed by atoms with Crippen LogP contribution in [0.15, 0.2) is 29.6 Å². The van der Waals surface area contributed by atoms with Crippen LogP contribution in [-0.4, -0.2) is 30.7 Å². The molecule has 6 heteroatoms. The Kier molecular flexibility index (Phi) is 4.81. The molecule has 5 nitrogen and oxygen atoms in total. The molecule has 0 spiro atoms. The van der Waals surface area contributed by atoms with Crippen LogP contribution in [0.2, 0.25) is 0 Å². The van der Waals surface area contributed by atoms with Gasteiger partial charge in [0.2, 0.25) is 0 Å². The quantitative estimate of drug-likeness (QED) is 0.855. The molecule has 0 aliphatic heterocycles. The molecule has 0 bridgehead atoms. The molecule has 1 fully saturated rings. The first-order chi connectivity index (χ1) is 11.2. The van der Waals surface area contributed by atoms with Crippen molar-refractivity contribution >= 4 is 17.4 Å². The summed E-state index contributed by atoms with van der Waals surface area (Å²) in [5, 5.41) is 9.01. The molecule has 2 aromatic rings. The molecule has 1 aliphatic rings. The largest absolute Gasteiger partial charge is 0.496 e. The number of rotatable bonds is 6. The van der Waals surface area contributed by atoms with E-state index in [1.807, 2.05) is 30.5 Å². The summed E-state index contributed by atoms with van der Waals surface area (Å²) in [5.41, 5.74) is 2.20. The molecule has 0 unspecified atom stereocenters. The van der Waals surface area contributed by atoms with Gasteiger partial charge in [-0.2, -0.15) is 0 Å². The maximum Gasteiger partial charge on any atom is 0.315 e. The smallest absolute Gasteiger partial charge is 0.315 e. The minimum Gasteiger partial charge on any atom is -0.496 e. The third-order valence-electron chi connectivity index (χ3n) is 3.98. The Bertz CT molecular complexity index is 686. The lowest BCUT2D eigenvalue weighted by atomic mass is 10.1. The zero-order chi connectivity index (χ0) is 16.2. The number of thiazole rings is 1. The molecule has 2 amide bonds. The van der Waals surface area contributed by atoms with E-state index >= 15 is 0 Å². The highest BCUT2D eigenvalue weighted by atomic mass is 32.1. The van der Waals surface area contributed by atoms with Crippen molar-refractivity contribution < 1.29 is 9.53 Å². The molecule has 0 radical (unpaired) electrons. The predicted molar refractivity (Wildman–Crippen MR) is 91.2 cm³/mol. The molecule has 1 saturated carbocycles. The van der Waals surface area contributed by atoms with E-state index in [-0.39, 0.29) is 12.1 Å². The maximum atomic E-state index is 11.9. The molecule has 1 aromatic heterocycles. The number of aromatic nitrogens is 1. The highest BCUT2D eigenvalue weighted by molar-refractivity contribution is 7.09. The SMILES string of the molecule is COc1ccccc1[C@H]1C[C@@H]1NC(=O)NCCc1csc(C)n1. The Balaban J connectivity index is 1.43. The first-order valence-electron chi connectivity index (χ1n) is 7.75. The third-order valence-corrected chi connectivity index (χ3v) is 4.80. The molecular weight excluding hydrogens is 310 g/mol. The van der Waals surface area contributed by atoms with Crippen LogP contribution in [0.25, 0.3) is 0 Å². The number of amides is 2. The monoisotopic (exact) mass is 331 g/mol. The number of ether oxygens (including phenoxy) is 1. The summed E-state index contributed by atoms with van der Waals surface area (Å²) < 4.78 is 5.38. The van der Waals surface area contributed by atoms with E-state index in [0.29, 0.717) is 12.5 Å². The Morgan fingerprint density at radius 2 is 2.26 bits per heavy atom. The zero-order valence-corrected chi connectivity index (χ0v) is 14.2. The minimum atomic E-state index is -0.112. The van der Waals surface area contributed by atoms with Gasteiger partial charge in [-0.3, -0.25) is 0 Å². The van der Waals surface area contributed by atoms with Crippen molar-refractivity contribution in [1.82, 2.24) is 15.6 Å². The number of methoxy groups -OCH3 is 1. The van der Waals surface area contributed by atoms with Gasteiger partial charge >= 0.3 is 6.03 Å². The van der Waals surface area contributed by atoms with E-state index < -0.39 is 0 Å². The van der Waals surface area contributed by atoms with Crippen LogP contribution in [0, 0.1) is 6.92 Å². The van der Waals surface area contributed by atoms with Crippen LogP contribution in [0.1, 0.15) is 28.6 Å². The fourth-order valence-electron chi connectivity index (χ4n) is 2.72. The highest BCUT2D eigenvalue weighted by Gasteiger charge is 2.41. The fourth-order valence-corrected chi connectivity index (χ4v) is 3.36. The third kappa shape index (κ3) is 4.01. The van der Waals surface area contributed by atoms with Crippen LogP contribution in [-0.2, 0) is 6.42 Å². The van der Waals surface area contributed by atoms with Gasteiger partial charge in [-0.1, -0.05) is 18.2 Å². The van der Waals surface area contributed by atoms with Crippen LogP contribution in [0.3, 0.4) is 0 Å². The fraction of sp³-hybridized carbons (Fsp3) is 0.412. The zero-order valence-electron chi connectivity index (χ0n) is 13.3. The summed E-state index contributed by atoms with van der Waals surface area (Å²) >= 11 is 1.63. The normalized spacial score (nSPS) is 19.2. The van der Waals surface area contributed by atoms with E-state index in [4.69, 9.17) is 4.74 Å². The Hall–Kier alpha value is -2.08. The van der Waals surface area contributed by atoms with Gasteiger partial charge in [0.1, 0.15) is 5.75 Å². The Morgan fingerprint density at radius 1 is 1.43 bits per heavy atom. The summed E-state index contributed by atoms with van der Waals surface area (Å²) in [6, 6.07) is 8.06. The maximum absolute atomic E-state index is 11.9. The molecule has 3 rings (SSSR count). The van der Waals surface area contributed by atoms with Crippen LogP contribution in [0.5, 0.6) is 5.75 Å². The second-order valence-corrected chi connectivity index (χ2v) is 6.76. The number of hydrogen-bond acceptors (Lipinski definition) is 4. The summed E-state index contributed by atoms with van der Waals surface area (Å²) in [5.74, 6) is 1.24. The van der Waals surface area contributed by atoms with Gasteiger partial charge in [0.05, 0.1) is 17.8 Å². The summed E-state index contributed by atoms with van der Waals surface area (Å²) in [4.78, 5) is 16.3. The predicted octanol–water partition coefficient (Wildman–Crippen LogP) is 2.86. The number of carbonyl (C=O) groups excluding carboxylic acids is 1. The number of carbonyl (C=O) groups is 1. The van der Waals surface area contributed by atoms with Gasteiger partial charge in [-0.15, -0.1) is 11.3 Å². The molecule has 0 saturated heterocycles. The van der Waals surface area contributed by atoms with Gasteiger partial charge in [0, 0.05) is 30.3 Å². The molecule has 2 N–H and O–H groups in total. The van der Waals surface area contributed by atoms with E-state index in [0.717, 1.165) is 29.3 Å². The topological polar surface area (TPSA) is 63.2 Å². The summed E-state index contributed by atoms with van der Waals surface area (Å²) in [6.07, 6.45) is 1.72. The number of nitrogens with one attached hydrogen (secondary N) is 2.